The molecule has 55 heavy (non-hydrogen) atoms. The molecule has 0 radical (unpaired) electrons. The van der Waals surface area contributed by atoms with Crippen molar-refractivity contribution in [3.05, 3.63) is 170 Å². The Bertz CT molecular complexity index is 3710. The molecule has 2 aromatic heterocycles. The second-order valence-electron chi connectivity index (χ2n) is 15.0. The monoisotopic (exact) mass is 721 g/mol. The van der Waals surface area contributed by atoms with E-state index in [9.17, 15) is 4.11 Å². The standard InChI is InChI=1S/C51H34N2OSi/c1-55(2,47-27-13-25-45-50(47)52-51-53(45)44-24-9-10-26-46(44)54-51)31-28-29-38-34-16-5-8-19-37(34)40-21-11-20-39-35-17-6-3-14-32(35)33-15-4-7-18-36(33)41-22-12-23-42(43(38)30-31)49(41)48(39)40/h3-30H,1-2H3/i1D3. The Morgan fingerprint density at radius 1 is 0.473 bits per heavy atom. The summed E-state index contributed by atoms with van der Waals surface area (Å²) in [5.74, 6) is 0.458. The van der Waals surface area contributed by atoms with Crippen LogP contribution in [0.4, 0.5) is 0 Å². The van der Waals surface area contributed by atoms with Gasteiger partial charge in [-0.05, 0) is 99.1 Å². The first-order valence-electron chi connectivity index (χ1n) is 20.3. The molecule has 10 aromatic rings. The first kappa shape index (κ1) is 27.8. The summed E-state index contributed by atoms with van der Waals surface area (Å²) in [7, 11) is -3.60. The molecule has 0 fully saturated rings. The summed E-state index contributed by atoms with van der Waals surface area (Å²) >= 11 is 0. The van der Waals surface area contributed by atoms with Crippen LogP contribution in [0.25, 0.3) is 104 Å². The summed E-state index contributed by atoms with van der Waals surface area (Å²) in [6.45, 7) is -0.321. The maximum atomic E-state index is 9.35. The third-order valence-corrected chi connectivity index (χ3v) is 14.9. The van der Waals surface area contributed by atoms with Crippen molar-refractivity contribution in [3.8, 4) is 11.1 Å². The molecule has 12 rings (SSSR count). The molecule has 2 heterocycles. The van der Waals surface area contributed by atoms with E-state index >= 15 is 0 Å². The average molecular weight is 722 g/mol. The number of fused-ring (bicyclic) bond motifs is 15. The van der Waals surface area contributed by atoms with Crippen molar-refractivity contribution in [1.82, 2.24) is 9.38 Å². The number of rotatable bonds is 2. The highest BCUT2D eigenvalue weighted by Gasteiger charge is 2.31. The van der Waals surface area contributed by atoms with Crippen molar-refractivity contribution in [2.45, 2.75) is 13.0 Å². The van der Waals surface area contributed by atoms with E-state index < -0.39 is 14.5 Å². The maximum absolute atomic E-state index is 9.35. The second kappa shape index (κ2) is 11.1. The molecule has 0 amide bonds. The average Bonchev–Trinajstić information content (AvgIpc) is 3.80. The lowest BCUT2D eigenvalue weighted by atomic mass is 9.84. The van der Waals surface area contributed by atoms with Crippen LogP contribution in [0.1, 0.15) is 4.11 Å². The van der Waals surface area contributed by atoms with Crippen LogP contribution in [0.15, 0.2) is 174 Å². The number of nitrogens with zero attached hydrogens (tertiary/aromatic N) is 2. The molecule has 2 aliphatic carbocycles. The van der Waals surface area contributed by atoms with E-state index in [0.717, 1.165) is 64.9 Å². The van der Waals surface area contributed by atoms with Gasteiger partial charge in [0.05, 0.1) is 16.6 Å². The van der Waals surface area contributed by atoms with Gasteiger partial charge in [-0.2, -0.15) is 4.98 Å². The van der Waals surface area contributed by atoms with E-state index in [4.69, 9.17) is 9.40 Å². The predicted octanol–water partition coefficient (Wildman–Crippen LogP) is 12.6. The second-order valence-corrected chi connectivity index (χ2v) is 18.3. The van der Waals surface area contributed by atoms with E-state index in [1.165, 1.54) is 37.9 Å². The topological polar surface area (TPSA) is 30.4 Å². The van der Waals surface area contributed by atoms with Crippen LogP contribution in [-0.4, -0.2) is 17.5 Å². The quantitative estimate of drug-likeness (QED) is 0.166. The van der Waals surface area contributed by atoms with Crippen molar-refractivity contribution >= 4 is 111 Å². The van der Waals surface area contributed by atoms with Crippen molar-refractivity contribution in [2.75, 3.05) is 0 Å². The normalized spacial score (nSPS) is 14.5. The van der Waals surface area contributed by atoms with Crippen molar-refractivity contribution < 1.29 is 8.53 Å². The third-order valence-electron chi connectivity index (χ3n) is 12.0. The van der Waals surface area contributed by atoms with Gasteiger partial charge in [-0.1, -0.05) is 170 Å². The molecule has 8 aromatic carbocycles. The molecule has 0 spiro atoms. The number of benzene rings is 8. The van der Waals surface area contributed by atoms with E-state index in [1.807, 2.05) is 53.4 Å². The van der Waals surface area contributed by atoms with Gasteiger partial charge in [0, 0.05) is 4.11 Å². The Morgan fingerprint density at radius 3 is 1.51 bits per heavy atom. The number of imidazole rings is 1. The summed E-state index contributed by atoms with van der Waals surface area (Å²) in [6, 6.07) is 59.8. The van der Waals surface area contributed by atoms with Gasteiger partial charge in [-0.25, -0.2) is 0 Å². The Hall–Kier alpha value is -6.75. The van der Waals surface area contributed by atoms with E-state index in [2.05, 4.69) is 127 Å². The molecule has 2 aliphatic rings. The lowest BCUT2D eigenvalue weighted by Gasteiger charge is -2.25. The molecule has 258 valence electrons. The molecule has 0 bridgehead atoms. The number of para-hydroxylation sites is 3. The molecule has 1 atom stereocenters. The van der Waals surface area contributed by atoms with Crippen LogP contribution in [-0.2, 0) is 0 Å². The Labute approximate surface area is 321 Å². The highest BCUT2D eigenvalue weighted by Crippen LogP contribution is 2.47. The summed E-state index contributed by atoms with van der Waals surface area (Å²) < 4.78 is 36.3. The largest absolute Gasteiger partial charge is 0.423 e. The molecule has 0 saturated heterocycles. The van der Waals surface area contributed by atoms with Crippen molar-refractivity contribution in [3.63, 3.8) is 0 Å². The Kier molecular flexibility index (Phi) is 5.63. The van der Waals surface area contributed by atoms with Crippen LogP contribution in [0, 0.1) is 0 Å². The highest BCUT2D eigenvalue weighted by atomic mass is 28.3. The minimum Gasteiger partial charge on any atom is -0.423 e. The fourth-order valence-electron chi connectivity index (χ4n) is 9.48. The minimum atomic E-state index is -3.60. The molecule has 4 heteroatoms. The Balaban J connectivity index is 1.28. The lowest BCUT2D eigenvalue weighted by molar-refractivity contribution is 0.643. The zero-order valence-electron chi connectivity index (χ0n) is 33.0. The fourth-order valence-corrected chi connectivity index (χ4v) is 11.7. The predicted molar refractivity (Wildman–Crippen MR) is 236 cm³/mol. The summed E-state index contributed by atoms with van der Waals surface area (Å²) in [5, 5.41) is 15.3. The zero-order valence-corrected chi connectivity index (χ0v) is 31.0. The van der Waals surface area contributed by atoms with Gasteiger partial charge < -0.3 is 4.42 Å². The molecule has 1 unspecified atom stereocenters. The van der Waals surface area contributed by atoms with Crippen LogP contribution in [0.5, 0.6) is 0 Å². The van der Waals surface area contributed by atoms with Gasteiger partial charge in [0.15, 0.2) is 5.58 Å². The van der Waals surface area contributed by atoms with Gasteiger partial charge in [0.1, 0.15) is 8.07 Å². The molecule has 3 nitrogen and oxygen atoms in total. The minimum absolute atomic E-state index is 0.458. The third kappa shape index (κ3) is 4.17. The molecule has 0 aliphatic heterocycles. The lowest BCUT2D eigenvalue weighted by Crippen LogP contribution is -2.53. The zero-order chi connectivity index (χ0) is 38.9. The van der Waals surface area contributed by atoms with Crippen molar-refractivity contribution in [2.24, 2.45) is 0 Å². The maximum Gasteiger partial charge on any atom is 0.307 e. The molecular formula is C51H34N2OSi. The Morgan fingerprint density at radius 2 is 0.927 bits per heavy atom. The smallest absolute Gasteiger partial charge is 0.307 e. The van der Waals surface area contributed by atoms with Gasteiger partial charge in [0.25, 0.3) is 0 Å². The van der Waals surface area contributed by atoms with Crippen LogP contribution in [0.2, 0.25) is 13.0 Å². The number of hydrogen-bond donors (Lipinski definition) is 0. The number of aromatic nitrogens is 2. The first-order chi connectivity index (χ1) is 28.3. The SMILES string of the molecule is [2H]C([2H])([2H])[Si](C)(c1ccc2c(c1)c1cccc3c1-c1c(cccc1c1ccccc12)c1ccccc1c1ccccc31)c1cccc2c1nc1oc3ccccc3n12. The molecule has 0 saturated carbocycles. The van der Waals surface area contributed by atoms with E-state index in [0.29, 0.717) is 11.4 Å². The summed E-state index contributed by atoms with van der Waals surface area (Å²) in [5.41, 5.74) is 5.50. The van der Waals surface area contributed by atoms with Gasteiger partial charge >= 0.3 is 5.84 Å². The summed E-state index contributed by atoms with van der Waals surface area (Å²) in [6.07, 6.45) is 0. The van der Waals surface area contributed by atoms with Crippen LogP contribution in [0.3, 0.4) is 0 Å². The highest BCUT2D eigenvalue weighted by molar-refractivity contribution is 7.01. The number of oxazole rings is 1. The van der Waals surface area contributed by atoms with Crippen LogP contribution >= 0.6 is 0 Å². The first-order valence-corrected chi connectivity index (χ1v) is 21.3. The van der Waals surface area contributed by atoms with Crippen LogP contribution < -0.4 is 10.4 Å². The van der Waals surface area contributed by atoms with Crippen molar-refractivity contribution in [1.29, 1.82) is 0 Å². The molecule has 0 N–H and O–H groups in total. The van der Waals surface area contributed by atoms with E-state index in [1.54, 1.807) is 0 Å². The van der Waals surface area contributed by atoms with E-state index in [-0.39, 0.29) is 0 Å². The molecular weight excluding hydrogens is 685 g/mol. The van der Waals surface area contributed by atoms with Gasteiger partial charge in [-0.15, -0.1) is 0 Å². The summed E-state index contributed by atoms with van der Waals surface area (Å²) in [4.78, 5) is 5.03. The van der Waals surface area contributed by atoms with Gasteiger partial charge in [-0.3, -0.25) is 4.40 Å². The number of hydrogen-bond acceptors (Lipinski definition) is 2. The fraction of sp³-hybridized carbons (Fsp3) is 0.0392. The van der Waals surface area contributed by atoms with Gasteiger partial charge in [0.2, 0.25) is 0 Å².